The van der Waals surface area contributed by atoms with Crippen LogP contribution in [0.5, 0.6) is 0 Å². The van der Waals surface area contributed by atoms with Crippen LogP contribution in [0.1, 0.15) is 48.7 Å². The van der Waals surface area contributed by atoms with Gasteiger partial charge in [0.15, 0.2) is 0 Å². The number of benzene rings is 2. The van der Waals surface area contributed by atoms with Crippen molar-refractivity contribution in [3.63, 3.8) is 0 Å². The summed E-state index contributed by atoms with van der Waals surface area (Å²) < 4.78 is 27.8. The first-order valence-corrected chi connectivity index (χ1v) is 13.1. The van der Waals surface area contributed by atoms with Crippen LogP contribution in [0.3, 0.4) is 0 Å². The number of aromatic amines is 1. The highest BCUT2D eigenvalue weighted by Gasteiger charge is 2.38. The fraction of sp³-hybridized carbons (Fsp3) is 0.440. The number of carbonyl (C=O) groups excluding carboxylic acids is 1. The van der Waals surface area contributed by atoms with Gasteiger partial charge in [0, 0.05) is 25.6 Å². The highest BCUT2D eigenvalue weighted by molar-refractivity contribution is 7.89. The number of sulfonamides is 1. The van der Waals surface area contributed by atoms with Crippen molar-refractivity contribution in [3.05, 3.63) is 59.4 Å². The van der Waals surface area contributed by atoms with Gasteiger partial charge in [-0.25, -0.2) is 13.4 Å². The van der Waals surface area contributed by atoms with E-state index in [-0.39, 0.29) is 17.9 Å². The molecule has 1 amide bonds. The number of likely N-dealkylation sites (tertiary alicyclic amines) is 1. The molecule has 2 aliphatic rings. The minimum absolute atomic E-state index is 0.0396. The number of rotatable bonds is 4. The molecule has 2 fully saturated rings. The third-order valence-electron chi connectivity index (χ3n) is 7.18. The molecule has 0 spiro atoms. The third-order valence-corrected chi connectivity index (χ3v) is 9.07. The topological polar surface area (TPSA) is 86.4 Å². The first kappa shape index (κ1) is 22.1. The number of piperidine rings is 1. The lowest BCUT2D eigenvalue weighted by Crippen LogP contribution is -2.44. The molecule has 7 nitrogen and oxygen atoms in total. The highest BCUT2D eigenvalue weighted by atomic mass is 32.2. The van der Waals surface area contributed by atoms with E-state index in [1.165, 1.54) is 4.31 Å². The first-order valence-electron chi connectivity index (χ1n) is 11.7. The molecule has 0 bridgehead atoms. The zero-order valence-electron chi connectivity index (χ0n) is 19.1. The number of aryl methyl sites for hydroxylation is 2. The molecule has 0 radical (unpaired) electrons. The monoisotopic (exact) mass is 466 g/mol. The lowest BCUT2D eigenvalue weighted by Gasteiger charge is -2.34. The maximum absolute atomic E-state index is 13.4. The van der Waals surface area contributed by atoms with Gasteiger partial charge in [0.2, 0.25) is 15.9 Å². The van der Waals surface area contributed by atoms with Gasteiger partial charge in [-0.1, -0.05) is 18.2 Å². The first-order chi connectivity index (χ1) is 15.8. The molecule has 3 aromatic rings. The Morgan fingerprint density at radius 2 is 1.76 bits per heavy atom. The molecule has 0 aliphatic carbocycles. The summed E-state index contributed by atoms with van der Waals surface area (Å²) in [4.78, 5) is 23.8. The summed E-state index contributed by atoms with van der Waals surface area (Å²) >= 11 is 0. The largest absolute Gasteiger partial charge is 0.340 e. The standard InChI is InChI=1S/C25H30N4O3S/c1-17-9-10-20(16-18(17)2)33(31,32)28-14-11-19(12-15-28)25(30)29-13-5-8-23(29)24-26-21-6-3-4-7-22(21)27-24/h3-4,6-7,9-10,16,19,23H,5,8,11-15H2,1-2H3,(H,26,27)/t23-/m1/s1. The number of hydrogen-bond acceptors (Lipinski definition) is 4. The molecule has 1 atom stereocenters. The summed E-state index contributed by atoms with van der Waals surface area (Å²) in [6, 6.07) is 13.1. The van der Waals surface area contributed by atoms with Crippen molar-refractivity contribution in [2.75, 3.05) is 19.6 Å². The Morgan fingerprint density at radius 1 is 1.00 bits per heavy atom. The lowest BCUT2D eigenvalue weighted by molar-refractivity contribution is -0.137. The van der Waals surface area contributed by atoms with Crippen LogP contribution in [0, 0.1) is 19.8 Å². The van der Waals surface area contributed by atoms with Crippen molar-refractivity contribution in [2.45, 2.75) is 50.5 Å². The summed E-state index contributed by atoms with van der Waals surface area (Å²) in [5, 5.41) is 0. The van der Waals surface area contributed by atoms with E-state index in [4.69, 9.17) is 4.98 Å². The predicted octanol–water partition coefficient (Wildman–Crippen LogP) is 3.94. The Hall–Kier alpha value is -2.71. The van der Waals surface area contributed by atoms with Crippen molar-refractivity contribution >= 4 is 27.0 Å². The van der Waals surface area contributed by atoms with Gasteiger partial charge in [0.25, 0.3) is 0 Å². The van der Waals surface area contributed by atoms with E-state index in [1.807, 2.05) is 49.1 Å². The Bertz CT molecular complexity index is 1260. The maximum atomic E-state index is 13.4. The number of aromatic nitrogens is 2. The van der Waals surface area contributed by atoms with Crippen molar-refractivity contribution in [2.24, 2.45) is 5.92 Å². The summed E-state index contributed by atoms with van der Waals surface area (Å²) in [6.07, 6.45) is 2.94. The van der Waals surface area contributed by atoms with Crippen molar-refractivity contribution in [3.8, 4) is 0 Å². The number of nitrogens with one attached hydrogen (secondary N) is 1. The summed E-state index contributed by atoms with van der Waals surface area (Å²) in [7, 11) is -3.54. The molecule has 0 saturated carbocycles. The van der Waals surface area contributed by atoms with Crippen LogP contribution in [0.15, 0.2) is 47.4 Å². The predicted molar refractivity (Wildman–Crippen MR) is 127 cm³/mol. The zero-order valence-corrected chi connectivity index (χ0v) is 19.9. The van der Waals surface area contributed by atoms with Gasteiger partial charge < -0.3 is 9.88 Å². The van der Waals surface area contributed by atoms with Crippen LogP contribution in [0.2, 0.25) is 0 Å². The van der Waals surface area contributed by atoms with Crippen LogP contribution in [0.25, 0.3) is 11.0 Å². The Morgan fingerprint density at radius 3 is 2.48 bits per heavy atom. The molecule has 1 N–H and O–H groups in total. The average Bonchev–Trinajstić information content (AvgIpc) is 3.47. The van der Waals surface area contributed by atoms with Gasteiger partial charge in [-0.15, -0.1) is 0 Å². The number of fused-ring (bicyclic) bond motifs is 1. The Balaban J connectivity index is 1.27. The molecule has 0 unspecified atom stereocenters. The Kier molecular flexibility index (Phi) is 5.74. The molecule has 8 heteroatoms. The number of hydrogen-bond donors (Lipinski definition) is 1. The number of nitrogens with zero attached hydrogens (tertiary/aromatic N) is 3. The van der Waals surface area contributed by atoms with Gasteiger partial charge >= 0.3 is 0 Å². The molecule has 174 valence electrons. The maximum Gasteiger partial charge on any atom is 0.243 e. The van der Waals surface area contributed by atoms with Crippen LogP contribution < -0.4 is 0 Å². The van der Waals surface area contributed by atoms with Gasteiger partial charge in [0.1, 0.15) is 5.82 Å². The van der Waals surface area contributed by atoms with E-state index in [1.54, 1.807) is 12.1 Å². The van der Waals surface area contributed by atoms with E-state index in [0.29, 0.717) is 30.8 Å². The average molecular weight is 467 g/mol. The second-order valence-electron chi connectivity index (χ2n) is 9.25. The Labute approximate surface area is 194 Å². The number of carbonyl (C=O) groups is 1. The summed E-state index contributed by atoms with van der Waals surface area (Å²) in [5.41, 5.74) is 3.93. The molecule has 33 heavy (non-hydrogen) atoms. The minimum atomic E-state index is -3.54. The number of H-pyrrole nitrogens is 1. The van der Waals surface area contributed by atoms with Gasteiger partial charge in [-0.3, -0.25) is 4.79 Å². The van der Waals surface area contributed by atoms with Crippen molar-refractivity contribution < 1.29 is 13.2 Å². The fourth-order valence-electron chi connectivity index (χ4n) is 5.05. The molecule has 2 aliphatic heterocycles. The van der Waals surface area contributed by atoms with Gasteiger partial charge in [-0.05, 0) is 74.9 Å². The molecule has 2 saturated heterocycles. The smallest absolute Gasteiger partial charge is 0.243 e. The van der Waals surface area contributed by atoms with Crippen LogP contribution in [0.4, 0.5) is 0 Å². The van der Waals surface area contributed by atoms with Crippen molar-refractivity contribution in [1.82, 2.24) is 19.2 Å². The zero-order chi connectivity index (χ0) is 23.2. The van der Waals surface area contributed by atoms with E-state index in [0.717, 1.165) is 47.4 Å². The number of imidazole rings is 1. The van der Waals surface area contributed by atoms with Crippen LogP contribution >= 0.6 is 0 Å². The number of para-hydroxylation sites is 2. The molecule has 1 aromatic heterocycles. The second kappa shape index (κ2) is 8.57. The normalized spacial score (nSPS) is 20.5. The van der Waals surface area contributed by atoms with E-state index >= 15 is 0 Å². The van der Waals surface area contributed by atoms with Crippen LogP contribution in [-0.4, -0.2) is 53.1 Å². The lowest BCUT2D eigenvalue weighted by atomic mass is 9.96. The molecule has 3 heterocycles. The van der Waals surface area contributed by atoms with Crippen LogP contribution in [-0.2, 0) is 14.8 Å². The molecular weight excluding hydrogens is 436 g/mol. The second-order valence-corrected chi connectivity index (χ2v) is 11.2. The van der Waals surface area contributed by atoms with E-state index < -0.39 is 10.0 Å². The number of amides is 1. The SMILES string of the molecule is Cc1ccc(S(=O)(=O)N2CCC(C(=O)N3CCC[C@@H]3c3nc4ccccc4[nH]3)CC2)cc1C. The third kappa shape index (κ3) is 4.06. The quantitative estimate of drug-likeness (QED) is 0.631. The van der Waals surface area contributed by atoms with Gasteiger partial charge in [-0.2, -0.15) is 4.31 Å². The summed E-state index contributed by atoms with van der Waals surface area (Å²) in [5.74, 6) is 0.819. The van der Waals surface area contributed by atoms with Crippen molar-refractivity contribution in [1.29, 1.82) is 0 Å². The molecule has 2 aromatic carbocycles. The van der Waals surface area contributed by atoms with E-state index in [2.05, 4.69) is 4.98 Å². The highest BCUT2D eigenvalue weighted by Crippen LogP contribution is 2.35. The van der Waals surface area contributed by atoms with Gasteiger partial charge in [0.05, 0.1) is 22.0 Å². The summed E-state index contributed by atoms with van der Waals surface area (Å²) in [6.45, 7) is 5.36. The fourth-order valence-corrected chi connectivity index (χ4v) is 6.60. The van der Waals surface area contributed by atoms with E-state index in [9.17, 15) is 13.2 Å². The molecule has 5 rings (SSSR count). The molecular formula is C25H30N4O3S. The minimum Gasteiger partial charge on any atom is -0.340 e.